The second-order valence-electron chi connectivity index (χ2n) is 6.54. The third kappa shape index (κ3) is 3.61. The van der Waals surface area contributed by atoms with E-state index < -0.39 is 16.0 Å². The first-order chi connectivity index (χ1) is 11.0. The number of ether oxygens (including phenoxy) is 1. The van der Waals surface area contributed by atoms with Crippen molar-refractivity contribution in [2.75, 3.05) is 7.11 Å². The fourth-order valence-electron chi connectivity index (χ4n) is 4.01. The van der Waals surface area contributed by atoms with E-state index in [0.29, 0.717) is 5.92 Å². The van der Waals surface area contributed by atoms with Crippen LogP contribution in [0.2, 0.25) is 0 Å². The Morgan fingerprint density at radius 2 is 1.96 bits per heavy atom. The van der Waals surface area contributed by atoms with Gasteiger partial charge >= 0.3 is 5.97 Å². The highest BCUT2D eigenvalue weighted by molar-refractivity contribution is 7.89. The van der Waals surface area contributed by atoms with Crippen LogP contribution in [0.25, 0.3) is 0 Å². The minimum atomic E-state index is -3.68. The molecule has 2 saturated carbocycles. The Balaban J connectivity index is 1.72. The third-order valence-electron chi connectivity index (χ3n) is 5.15. The summed E-state index contributed by atoms with van der Waals surface area (Å²) in [4.78, 5) is 11.9. The maximum Gasteiger partial charge on any atom is 0.349 e. The van der Waals surface area contributed by atoms with Gasteiger partial charge in [-0.25, -0.2) is 17.9 Å². The lowest BCUT2D eigenvalue weighted by Gasteiger charge is -2.39. The molecule has 1 aromatic heterocycles. The van der Waals surface area contributed by atoms with E-state index >= 15 is 0 Å². The molecule has 2 fully saturated rings. The van der Waals surface area contributed by atoms with Gasteiger partial charge in [-0.1, -0.05) is 25.7 Å². The van der Waals surface area contributed by atoms with Gasteiger partial charge in [0, 0.05) is 6.04 Å². The molecule has 3 atom stereocenters. The van der Waals surface area contributed by atoms with Crippen molar-refractivity contribution in [3.05, 3.63) is 16.3 Å². The fourth-order valence-corrected chi connectivity index (χ4v) is 6.63. The molecule has 3 rings (SSSR count). The van der Waals surface area contributed by atoms with Crippen LogP contribution in [0.3, 0.4) is 0 Å². The van der Waals surface area contributed by atoms with Crippen molar-refractivity contribution in [2.45, 2.75) is 55.9 Å². The van der Waals surface area contributed by atoms with Crippen LogP contribution in [-0.2, 0) is 14.8 Å². The number of fused-ring (bicyclic) bond motifs is 1. The van der Waals surface area contributed by atoms with Gasteiger partial charge in [-0.15, -0.1) is 11.3 Å². The Bertz CT molecular complexity index is 667. The summed E-state index contributed by atoms with van der Waals surface area (Å²) in [6.07, 6.45) is 7.99. The predicted molar refractivity (Wildman–Crippen MR) is 89.1 cm³/mol. The monoisotopic (exact) mass is 357 g/mol. The number of sulfonamides is 1. The molecule has 2 aliphatic rings. The molecule has 7 heteroatoms. The van der Waals surface area contributed by atoms with Crippen LogP contribution in [0.4, 0.5) is 0 Å². The Morgan fingerprint density at radius 1 is 1.22 bits per heavy atom. The van der Waals surface area contributed by atoms with Crippen LogP contribution in [-0.4, -0.2) is 27.5 Å². The molecule has 0 aromatic carbocycles. The molecule has 0 spiro atoms. The number of rotatable bonds is 4. The molecule has 2 aliphatic carbocycles. The van der Waals surface area contributed by atoms with E-state index in [2.05, 4.69) is 9.46 Å². The predicted octanol–water partition coefficient (Wildman–Crippen LogP) is 3.17. The molecule has 23 heavy (non-hydrogen) atoms. The van der Waals surface area contributed by atoms with Crippen LogP contribution in [0.15, 0.2) is 16.3 Å². The summed E-state index contributed by atoms with van der Waals surface area (Å²) in [5.41, 5.74) is 0. The maximum absolute atomic E-state index is 12.7. The minimum absolute atomic E-state index is 0.0234. The lowest BCUT2D eigenvalue weighted by molar-refractivity contribution is 0.0602. The van der Waals surface area contributed by atoms with Gasteiger partial charge in [0.05, 0.1) is 7.11 Å². The highest BCUT2D eigenvalue weighted by Crippen LogP contribution is 2.40. The van der Waals surface area contributed by atoms with E-state index in [1.807, 2.05) is 0 Å². The SMILES string of the molecule is COC(=O)c1sccc1S(=O)(=O)N[C@@H]1CC[C@@H]2CCCC[C@H]2C1. The van der Waals surface area contributed by atoms with Gasteiger partial charge in [-0.3, -0.25) is 0 Å². The van der Waals surface area contributed by atoms with Gasteiger partial charge in [0.2, 0.25) is 10.0 Å². The van der Waals surface area contributed by atoms with Crippen LogP contribution >= 0.6 is 11.3 Å². The van der Waals surface area contributed by atoms with E-state index in [9.17, 15) is 13.2 Å². The molecule has 128 valence electrons. The van der Waals surface area contributed by atoms with Crippen molar-refractivity contribution in [1.82, 2.24) is 4.72 Å². The van der Waals surface area contributed by atoms with Crippen LogP contribution < -0.4 is 4.72 Å². The summed E-state index contributed by atoms with van der Waals surface area (Å²) in [5.74, 6) is 0.820. The Kier molecular flexibility index (Phi) is 5.08. The molecule has 0 saturated heterocycles. The van der Waals surface area contributed by atoms with Gasteiger partial charge in [-0.05, 0) is 42.5 Å². The van der Waals surface area contributed by atoms with E-state index in [-0.39, 0.29) is 15.8 Å². The number of nitrogens with one attached hydrogen (secondary N) is 1. The molecular weight excluding hydrogens is 334 g/mol. The quantitative estimate of drug-likeness (QED) is 0.840. The van der Waals surface area contributed by atoms with Crippen LogP contribution in [0.5, 0.6) is 0 Å². The topological polar surface area (TPSA) is 72.5 Å². The van der Waals surface area contributed by atoms with Crippen molar-refractivity contribution in [2.24, 2.45) is 11.8 Å². The molecule has 0 unspecified atom stereocenters. The molecule has 1 N–H and O–H groups in total. The lowest BCUT2D eigenvalue weighted by Crippen LogP contribution is -2.41. The van der Waals surface area contributed by atoms with Gasteiger partial charge in [-0.2, -0.15) is 0 Å². The molecule has 0 amide bonds. The number of hydrogen-bond acceptors (Lipinski definition) is 5. The third-order valence-corrected chi connectivity index (χ3v) is 7.74. The van der Waals surface area contributed by atoms with E-state index in [1.165, 1.54) is 38.9 Å². The second-order valence-corrected chi connectivity index (χ2v) is 9.14. The average molecular weight is 357 g/mol. The second kappa shape index (κ2) is 6.91. The Hall–Kier alpha value is -0.920. The molecular formula is C16H23NO4S2. The molecule has 5 nitrogen and oxygen atoms in total. The maximum atomic E-state index is 12.7. The minimum Gasteiger partial charge on any atom is -0.465 e. The molecule has 0 bridgehead atoms. The number of thiophene rings is 1. The zero-order chi connectivity index (χ0) is 16.4. The number of methoxy groups -OCH3 is 1. The van der Waals surface area contributed by atoms with Crippen LogP contribution in [0, 0.1) is 11.8 Å². The Labute approximate surface area is 141 Å². The smallest absolute Gasteiger partial charge is 0.349 e. The van der Waals surface area contributed by atoms with Gasteiger partial charge in [0.15, 0.2) is 0 Å². The number of carbonyl (C=O) groups excluding carboxylic acids is 1. The largest absolute Gasteiger partial charge is 0.465 e. The van der Waals surface area contributed by atoms with Crippen molar-refractivity contribution < 1.29 is 17.9 Å². The normalized spacial score (nSPS) is 28.1. The summed E-state index contributed by atoms with van der Waals surface area (Å²) in [6.45, 7) is 0. The van der Waals surface area contributed by atoms with Crippen LogP contribution in [0.1, 0.15) is 54.6 Å². The first kappa shape index (κ1) is 16.9. The number of esters is 1. The summed E-state index contributed by atoms with van der Waals surface area (Å²) in [5, 5.41) is 1.61. The van der Waals surface area contributed by atoms with E-state index in [1.54, 1.807) is 5.38 Å². The zero-order valence-electron chi connectivity index (χ0n) is 13.3. The summed E-state index contributed by atoms with van der Waals surface area (Å²) >= 11 is 1.10. The fraction of sp³-hybridized carbons (Fsp3) is 0.688. The Morgan fingerprint density at radius 3 is 2.70 bits per heavy atom. The van der Waals surface area contributed by atoms with Gasteiger partial charge in [0.25, 0.3) is 0 Å². The summed E-state index contributed by atoms with van der Waals surface area (Å²) < 4.78 is 32.8. The summed E-state index contributed by atoms with van der Waals surface area (Å²) in [6, 6.07) is 1.45. The van der Waals surface area contributed by atoms with Crippen molar-refractivity contribution >= 4 is 27.3 Å². The molecule has 1 aromatic rings. The first-order valence-electron chi connectivity index (χ1n) is 8.19. The first-order valence-corrected chi connectivity index (χ1v) is 10.6. The van der Waals surface area contributed by atoms with Crippen molar-refractivity contribution in [3.8, 4) is 0 Å². The van der Waals surface area contributed by atoms with Crippen molar-refractivity contribution in [1.29, 1.82) is 0 Å². The molecule has 0 radical (unpaired) electrons. The van der Waals surface area contributed by atoms with E-state index in [0.717, 1.165) is 36.5 Å². The van der Waals surface area contributed by atoms with Gasteiger partial charge in [0.1, 0.15) is 9.77 Å². The lowest BCUT2D eigenvalue weighted by atomic mass is 9.70. The highest BCUT2D eigenvalue weighted by Gasteiger charge is 2.35. The molecule has 0 aliphatic heterocycles. The van der Waals surface area contributed by atoms with Gasteiger partial charge < -0.3 is 4.74 Å². The number of hydrogen-bond donors (Lipinski definition) is 1. The molecule has 1 heterocycles. The number of carbonyl (C=O) groups is 1. The van der Waals surface area contributed by atoms with Crippen molar-refractivity contribution in [3.63, 3.8) is 0 Å². The average Bonchev–Trinajstić information content (AvgIpc) is 3.04. The highest BCUT2D eigenvalue weighted by atomic mass is 32.2. The standard InChI is InChI=1S/C16H23NO4S2/c1-21-16(18)15-14(8-9-22-15)23(19,20)17-13-7-6-11-4-2-3-5-12(11)10-13/h8-9,11-13,17H,2-7,10H2,1H3/t11-,12-,13+/m0/s1. The van der Waals surface area contributed by atoms with E-state index in [4.69, 9.17) is 0 Å². The summed E-state index contributed by atoms with van der Waals surface area (Å²) in [7, 11) is -2.42. The zero-order valence-corrected chi connectivity index (χ0v) is 14.9.